The van der Waals surface area contributed by atoms with Gasteiger partial charge in [-0.2, -0.15) is 0 Å². The first-order valence-electron chi connectivity index (χ1n) is 13.3. The molecule has 0 aromatic carbocycles. The first-order chi connectivity index (χ1) is 20.5. The minimum absolute atomic E-state index is 0.697. The van der Waals surface area contributed by atoms with Crippen molar-refractivity contribution in [3.8, 4) is 0 Å². The van der Waals surface area contributed by atoms with E-state index in [2.05, 4.69) is 15.2 Å². The van der Waals surface area contributed by atoms with E-state index in [0.717, 1.165) is 13.8 Å². The number of hydrogen-bond donors (Lipinski definition) is 12. The molecule has 0 saturated carbocycles. The molecule has 22 heteroatoms. The van der Waals surface area contributed by atoms with Gasteiger partial charge < -0.3 is 85.0 Å². The highest BCUT2D eigenvalue weighted by molar-refractivity contribution is 7.46. The van der Waals surface area contributed by atoms with Gasteiger partial charge in [0, 0.05) is 13.8 Å². The van der Waals surface area contributed by atoms with Crippen LogP contribution in [0.15, 0.2) is 0 Å². The Bertz CT molecular complexity index is 1020. The molecule has 15 atom stereocenters. The zero-order valence-corrected chi connectivity index (χ0v) is 24.3. The maximum absolute atomic E-state index is 12.2. The summed E-state index contributed by atoms with van der Waals surface area (Å²) in [7, 11) is -5.11. The Hall–Kier alpha value is -1.47. The van der Waals surface area contributed by atoms with Crippen LogP contribution in [0.5, 0.6) is 0 Å². The van der Waals surface area contributed by atoms with E-state index in [4.69, 9.17) is 33.5 Å². The van der Waals surface area contributed by atoms with Gasteiger partial charge in [-0.15, -0.1) is 0 Å². The molecule has 0 spiro atoms. The van der Waals surface area contributed by atoms with Crippen molar-refractivity contribution in [3.05, 3.63) is 0 Å². The van der Waals surface area contributed by atoms with E-state index in [-0.39, 0.29) is 0 Å². The lowest BCUT2D eigenvalue weighted by Crippen LogP contribution is -2.70. The Morgan fingerprint density at radius 3 is 1.70 bits per heavy atom. The minimum atomic E-state index is -5.11. The van der Waals surface area contributed by atoms with Crippen LogP contribution in [0.4, 0.5) is 0 Å². The van der Waals surface area contributed by atoms with Gasteiger partial charge in [0.2, 0.25) is 11.8 Å². The molecule has 3 heterocycles. The number of amides is 2. The molecule has 0 bridgehead atoms. The van der Waals surface area contributed by atoms with Gasteiger partial charge in [0.25, 0.3) is 0 Å². The van der Waals surface area contributed by atoms with E-state index in [1.54, 1.807) is 0 Å². The van der Waals surface area contributed by atoms with Crippen LogP contribution in [0.1, 0.15) is 13.8 Å². The van der Waals surface area contributed by atoms with Crippen molar-refractivity contribution < 1.29 is 93.0 Å². The highest BCUT2D eigenvalue weighted by Crippen LogP contribution is 2.38. The van der Waals surface area contributed by atoms with Gasteiger partial charge in [-0.1, -0.05) is 0 Å². The SMILES string of the molecule is CC(=O)N[C@H]1[C@H](O[C@H]2[C@H](O)[C@@H](CO)O[C@@H](O[C@H]3[C@H](O)[C@H](O)[C@@H](O)O[C@@H]3COP(=O)(O)O)[C@@H]2NC(C)=O)O[C@H](CO)[C@H](O)[C@@H]1O. The fourth-order valence-electron chi connectivity index (χ4n) is 5.02. The molecule has 3 aliphatic rings. The summed E-state index contributed by atoms with van der Waals surface area (Å²) in [4.78, 5) is 42.3. The molecule has 0 aromatic rings. The Balaban J connectivity index is 1.97. The smallest absolute Gasteiger partial charge is 0.394 e. The third-order valence-corrected chi connectivity index (χ3v) is 7.61. The average molecular weight is 667 g/mol. The van der Waals surface area contributed by atoms with E-state index in [1.807, 2.05) is 0 Å². The molecule has 3 rings (SSSR count). The van der Waals surface area contributed by atoms with Gasteiger partial charge in [0.1, 0.15) is 73.1 Å². The minimum Gasteiger partial charge on any atom is -0.394 e. The molecular weight excluding hydrogens is 627 g/mol. The van der Waals surface area contributed by atoms with E-state index in [0.29, 0.717) is 0 Å². The first-order valence-corrected chi connectivity index (χ1v) is 14.8. The maximum Gasteiger partial charge on any atom is 0.469 e. The summed E-state index contributed by atoms with van der Waals surface area (Å²) in [5.74, 6) is -1.46. The van der Waals surface area contributed by atoms with Crippen LogP contribution in [0, 0.1) is 0 Å². The van der Waals surface area contributed by atoms with Crippen molar-refractivity contribution in [2.45, 2.75) is 106 Å². The zero-order chi connectivity index (χ0) is 33.1. The summed E-state index contributed by atoms with van der Waals surface area (Å²) in [6.45, 7) is -0.569. The quantitative estimate of drug-likeness (QED) is 0.0911. The van der Waals surface area contributed by atoms with Crippen molar-refractivity contribution in [2.24, 2.45) is 0 Å². The zero-order valence-electron chi connectivity index (χ0n) is 23.4. The summed E-state index contributed by atoms with van der Waals surface area (Å²) >= 11 is 0. The summed E-state index contributed by atoms with van der Waals surface area (Å²) in [6, 6.07) is -3.09. The number of hydrogen-bond acceptors (Lipinski definition) is 17. The van der Waals surface area contributed by atoms with Crippen molar-refractivity contribution >= 4 is 19.6 Å². The molecule has 3 fully saturated rings. The Morgan fingerprint density at radius 1 is 0.682 bits per heavy atom. The second kappa shape index (κ2) is 15.4. The molecule has 256 valence electrons. The fraction of sp³-hybridized carbons (Fsp3) is 0.909. The fourth-order valence-corrected chi connectivity index (χ4v) is 5.36. The highest BCUT2D eigenvalue weighted by Gasteiger charge is 2.54. The molecule has 0 unspecified atom stereocenters. The standard InChI is InChI=1S/C22H39N2O19P/c1-6(27)23-11-15(31)13(29)8(3-25)40-21(11)43-19-12(24-7(2)28)22(41-9(4-26)14(19)30)42-18-10(5-38-44(35,36)37)39-20(34)17(33)16(18)32/h8-22,25-26,29-34H,3-5H2,1-2H3,(H,23,27)(H,24,28)(H2,35,36,37)/t8-,9-,10-,11-,12-,13+,14-,15-,16-,17+,18-,19-,20+,21+,22+/m1/s1. The number of carbonyl (C=O) groups is 2. The van der Waals surface area contributed by atoms with Gasteiger partial charge in [-0.25, -0.2) is 4.57 Å². The van der Waals surface area contributed by atoms with Crippen LogP contribution in [-0.2, 0) is 42.4 Å². The molecule has 21 nitrogen and oxygen atoms in total. The molecular formula is C22H39N2O19P. The summed E-state index contributed by atoms with van der Waals surface area (Å²) < 4.78 is 43.6. The van der Waals surface area contributed by atoms with Crippen molar-refractivity contribution in [1.82, 2.24) is 10.6 Å². The lowest BCUT2D eigenvalue weighted by molar-refractivity contribution is -0.356. The van der Waals surface area contributed by atoms with Crippen LogP contribution in [0.2, 0.25) is 0 Å². The first kappa shape index (κ1) is 37.0. The number of aliphatic hydroxyl groups is 8. The maximum atomic E-state index is 12.2. The van der Waals surface area contributed by atoms with Crippen LogP contribution >= 0.6 is 7.82 Å². The van der Waals surface area contributed by atoms with E-state index in [1.165, 1.54) is 0 Å². The molecule has 12 N–H and O–H groups in total. The Kier molecular flexibility index (Phi) is 13.0. The van der Waals surface area contributed by atoms with Crippen molar-refractivity contribution in [1.29, 1.82) is 0 Å². The summed E-state index contributed by atoms with van der Waals surface area (Å²) in [5, 5.41) is 87.0. The molecule has 44 heavy (non-hydrogen) atoms. The predicted molar refractivity (Wildman–Crippen MR) is 135 cm³/mol. The third-order valence-electron chi connectivity index (χ3n) is 7.12. The number of nitrogens with one attached hydrogen (secondary N) is 2. The van der Waals surface area contributed by atoms with E-state index >= 15 is 0 Å². The number of rotatable bonds is 11. The van der Waals surface area contributed by atoms with Crippen LogP contribution in [-0.4, -0.2) is 174 Å². The van der Waals surface area contributed by atoms with Crippen molar-refractivity contribution in [3.63, 3.8) is 0 Å². The van der Waals surface area contributed by atoms with Gasteiger partial charge >= 0.3 is 7.82 Å². The Labute approximate surface area is 249 Å². The average Bonchev–Trinajstić information content (AvgIpc) is 2.93. The lowest BCUT2D eigenvalue weighted by atomic mass is 9.94. The number of phosphoric acid groups is 1. The number of phosphoric ester groups is 1. The molecule has 0 aromatic heterocycles. The molecule has 2 amide bonds. The van der Waals surface area contributed by atoms with Crippen LogP contribution in [0.25, 0.3) is 0 Å². The molecule has 0 radical (unpaired) electrons. The second-order valence-electron chi connectivity index (χ2n) is 10.4. The number of aliphatic hydroxyl groups excluding tert-OH is 8. The van der Waals surface area contributed by atoms with Gasteiger partial charge in [0.15, 0.2) is 18.9 Å². The Morgan fingerprint density at radius 2 is 1.18 bits per heavy atom. The normalized spacial score (nSPS) is 43.3. The van der Waals surface area contributed by atoms with Gasteiger partial charge in [-0.05, 0) is 0 Å². The van der Waals surface area contributed by atoms with Gasteiger partial charge in [-0.3, -0.25) is 14.1 Å². The predicted octanol–water partition coefficient (Wildman–Crippen LogP) is -7.17. The molecule has 0 aliphatic carbocycles. The van der Waals surface area contributed by atoms with Crippen molar-refractivity contribution in [2.75, 3.05) is 19.8 Å². The number of carbonyl (C=O) groups excluding carboxylic acids is 2. The summed E-state index contributed by atoms with van der Waals surface area (Å²) in [6.07, 6.45) is -23.0. The van der Waals surface area contributed by atoms with E-state index in [9.17, 15) is 55.0 Å². The second-order valence-corrected chi connectivity index (χ2v) is 11.6. The van der Waals surface area contributed by atoms with Crippen LogP contribution in [0.3, 0.4) is 0 Å². The van der Waals surface area contributed by atoms with E-state index < -0.39 is 131 Å². The largest absolute Gasteiger partial charge is 0.469 e. The monoisotopic (exact) mass is 666 g/mol. The summed E-state index contributed by atoms with van der Waals surface area (Å²) in [5.41, 5.74) is 0. The molecule has 3 aliphatic heterocycles. The third kappa shape index (κ3) is 8.86. The highest BCUT2D eigenvalue weighted by atomic mass is 31.2. The van der Waals surface area contributed by atoms with Crippen LogP contribution < -0.4 is 10.6 Å². The lowest BCUT2D eigenvalue weighted by Gasteiger charge is -2.49. The van der Waals surface area contributed by atoms with Gasteiger partial charge in [0.05, 0.1) is 19.8 Å². The topological polar surface area (TPSA) is 333 Å². The molecule has 3 saturated heterocycles. The number of ether oxygens (including phenoxy) is 5.